The number of hydrogen-bond acceptors (Lipinski definition) is 6. The third-order valence-corrected chi connectivity index (χ3v) is 5.62. The van der Waals surface area contributed by atoms with Crippen LogP contribution in [0.2, 0.25) is 0 Å². The van der Waals surface area contributed by atoms with Crippen LogP contribution in [-0.4, -0.2) is 77.2 Å². The molecule has 10 nitrogen and oxygen atoms in total. The van der Waals surface area contributed by atoms with Gasteiger partial charge in [0.1, 0.15) is 0 Å². The summed E-state index contributed by atoms with van der Waals surface area (Å²) in [6.45, 7) is 4.11. The molecule has 0 unspecified atom stereocenters. The van der Waals surface area contributed by atoms with Crippen LogP contribution in [0.15, 0.2) is 18.2 Å². The number of H-pyrrole nitrogens is 1. The Morgan fingerprint density at radius 1 is 1.38 bits per heavy atom. The highest BCUT2D eigenvalue weighted by molar-refractivity contribution is 6.06. The molecule has 1 aromatic carbocycles. The lowest BCUT2D eigenvalue weighted by molar-refractivity contribution is -0.128. The molecule has 10 heteroatoms. The Bertz CT molecular complexity index is 942. The lowest BCUT2D eigenvalue weighted by Crippen LogP contribution is -2.47. The zero-order chi connectivity index (χ0) is 20.5. The van der Waals surface area contributed by atoms with Gasteiger partial charge in [-0.2, -0.15) is 5.10 Å². The fourth-order valence-corrected chi connectivity index (χ4v) is 4.11. The van der Waals surface area contributed by atoms with Crippen molar-refractivity contribution in [2.24, 2.45) is 0 Å². The van der Waals surface area contributed by atoms with Gasteiger partial charge in [0.15, 0.2) is 5.69 Å². The second kappa shape index (κ2) is 7.70. The van der Waals surface area contributed by atoms with Crippen molar-refractivity contribution >= 4 is 35.0 Å². The highest BCUT2D eigenvalue weighted by Gasteiger charge is 2.44. The number of hydrogen-bond donors (Lipinski definition) is 2. The highest BCUT2D eigenvalue weighted by atomic mass is 16.7. The van der Waals surface area contributed by atoms with Gasteiger partial charge in [0, 0.05) is 37.1 Å². The van der Waals surface area contributed by atoms with Gasteiger partial charge in [-0.1, -0.05) is 6.92 Å². The van der Waals surface area contributed by atoms with Gasteiger partial charge in [0.05, 0.1) is 11.2 Å². The molecule has 0 spiro atoms. The van der Waals surface area contributed by atoms with Gasteiger partial charge in [-0.25, -0.2) is 4.79 Å². The van der Waals surface area contributed by atoms with E-state index in [1.807, 2.05) is 11.8 Å². The number of amides is 3. The number of nitrogens with one attached hydrogen (secondary N) is 2. The Kier molecular flexibility index (Phi) is 5.10. The van der Waals surface area contributed by atoms with Gasteiger partial charge in [0.2, 0.25) is 0 Å². The summed E-state index contributed by atoms with van der Waals surface area (Å²) in [5, 5.41) is 11.2. The largest absolute Gasteiger partial charge is 0.355 e. The number of benzene rings is 1. The third kappa shape index (κ3) is 3.39. The van der Waals surface area contributed by atoms with Gasteiger partial charge >= 0.3 is 12.5 Å². The molecule has 1 aromatic heterocycles. The first-order valence-electron chi connectivity index (χ1n) is 9.71. The molecule has 3 amide bonds. The van der Waals surface area contributed by atoms with Gasteiger partial charge in [-0.15, -0.1) is 5.06 Å². The fraction of sp³-hybridized carbons (Fsp3) is 0.474. The maximum atomic E-state index is 13.1. The molecule has 3 heterocycles. The number of aromatic nitrogens is 2. The van der Waals surface area contributed by atoms with Crippen LogP contribution in [-0.2, 0) is 9.63 Å². The van der Waals surface area contributed by atoms with Crippen molar-refractivity contribution in [2.45, 2.75) is 31.8 Å². The van der Waals surface area contributed by atoms with E-state index < -0.39 is 6.03 Å². The standard InChI is InChI=1S/C19H24N6O4/c1-3-6-20-19(28)25(29-11-26)12-4-5-16-15(8-12)17(22-21-16)18(27)24-10-13-7-14(24)9-23(13)2/h4-5,8,11,13-14H,3,6-7,9-10H2,1-2H3,(H,20,28)(H,21,22)/t13-,14-/m0/s1. The number of aromatic amines is 1. The van der Waals surface area contributed by atoms with E-state index in [0.717, 1.165) is 24.4 Å². The lowest BCUT2D eigenvalue weighted by atomic mass is 10.1. The van der Waals surface area contributed by atoms with Crippen molar-refractivity contribution in [1.29, 1.82) is 0 Å². The maximum Gasteiger partial charge on any atom is 0.355 e. The molecule has 2 bridgehead atoms. The average molecular weight is 400 g/mol. The summed E-state index contributed by atoms with van der Waals surface area (Å²) in [5.74, 6) is -0.132. The third-order valence-electron chi connectivity index (χ3n) is 5.62. The number of hydroxylamine groups is 1. The van der Waals surface area contributed by atoms with Gasteiger partial charge < -0.3 is 15.1 Å². The van der Waals surface area contributed by atoms with Gasteiger partial charge in [-0.3, -0.25) is 19.6 Å². The SMILES string of the molecule is CCCNC(=O)N(OC=O)c1ccc2[nH]nc(C(=O)N3C[C@@H]4C[C@H]3CN4C)c2c1. The molecule has 2 aliphatic rings. The molecule has 2 atom stereocenters. The number of piperazine rings is 1. The van der Waals surface area contributed by atoms with Crippen LogP contribution in [0.25, 0.3) is 10.9 Å². The van der Waals surface area contributed by atoms with Crippen molar-refractivity contribution in [3.63, 3.8) is 0 Å². The quantitative estimate of drug-likeness (QED) is 0.555. The molecule has 2 aliphatic heterocycles. The number of rotatable bonds is 6. The van der Waals surface area contributed by atoms with E-state index in [2.05, 4.69) is 27.5 Å². The zero-order valence-corrected chi connectivity index (χ0v) is 16.4. The smallest absolute Gasteiger partial charge is 0.335 e. The van der Waals surface area contributed by atoms with E-state index in [9.17, 15) is 14.4 Å². The second-order valence-corrected chi connectivity index (χ2v) is 7.47. The highest BCUT2D eigenvalue weighted by Crippen LogP contribution is 2.32. The van der Waals surface area contributed by atoms with Crippen molar-refractivity contribution in [3.05, 3.63) is 23.9 Å². The first kappa shape index (κ1) is 19.2. The average Bonchev–Trinajstić information content (AvgIpc) is 3.42. The number of fused-ring (bicyclic) bond motifs is 3. The Morgan fingerprint density at radius 3 is 2.86 bits per heavy atom. The summed E-state index contributed by atoms with van der Waals surface area (Å²) >= 11 is 0. The Morgan fingerprint density at radius 2 is 2.21 bits per heavy atom. The number of urea groups is 1. The molecular formula is C19H24N6O4. The van der Waals surface area contributed by atoms with Crippen molar-refractivity contribution in [2.75, 3.05) is 31.7 Å². The summed E-state index contributed by atoms with van der Waals surface area (Å²) in [6.07, 6.45) is 1.72. The molecular weight excluding hydrogens is 376 g/mol. The van der Waals surface area contributed by atoms with E-state index in [1.165, 1.54) is 0 Å². The van der Waals surface area contributed by atoms with Crippen LogP contribution in [0.1, 0.15) is 30.3 Å². The number of likely N-dealkylation sites (N-methyl/N-ethyl adjacent to an activating group) is 1. The molecule has 2 fully saturated rings. The summed E-state index contributed by atoms with van der Waals surface area (Å²) in [5.41, 5.74) is 1.30. The molecule has 29 heavy (non-hydrogen) atoms. The monoisotopic (exact) mass is 400 g/mol. The van der Waals surface area contributed by atoms with Crippen molar-refractivity contribution < 1.29 is 19.2 Å². The molecule has 154 valence electrons. The van der Waals surface area contributed by atoms with Gasteiger partial charge in [0.25, 0.3) is 5.91 Å². The zero-order valence-electron chi connectivity index (χ0n) is 16.4. The minimum absolute atomic E-state index is 0.132. The molecule has 2 saturated heterocycles. The molecule has 0 radical (unpaired) electrons. The Balaban J connectivity index is 1.63. The van der Waals surface area contributed by atoms with E-state index in [4.69, 9.17) is 4.84 Å². The van der Waals surface area contributed by atoms with Crippen molar-refractivity contribution in [3.8, 4) is 0 Å². The number of carbonyl (C=O) groups excluding carboxylic acids is 3. The number of carbonyl (C=O) groups is 3. The molecule has 4 rings (SSSR count). The number of likely N-dealkylation sites (tertiary alicyclic amines) is 2. The summed E-state index contributed by atoms with van der Waals surface area (Å²) in [6, 6.07) is 4.98. The van der Waals surface area contributed by atoms with Crippen LogP contribution in [0, 0.1) is 0 Å². The first-order chi connectivity index (χ1) is 14.0. The fourth-order valence-electron chi connectivity index (χ4n) is 4.11. The van der Waals surface area contributed by atoms with Crippen LogP contribution in [0.4, 0.5) is 10.5 Å². The van der Waals surface area contributed by atoms with Crippen molar-refractivity contribution in [1.82, 2.24) is 25.3 Å². The molecule has 0 aliphatic carbocycles. The minimum atomic E-state index is -0.561. The van der Waals surface area contributed by atoms with Crippen LogP contribution >= 0.6 is 0 Å². The second-order valence-electron chi connectivity index (χ2n) is 7.47. The Labute approximate surface area is 167 Å². The van der Waals surface area contributed by atoms with E-state index >= 15 is 0 Å². The summed E-state index contributed by atoms with van der Waals surface area (Å²) < 4.78 is 0. The first-order valence-corrected chi connectivity index (χ1v) is 9.71. The predicted molar refractivity (Wildman–Crippen MR) is 105 cm³/mol. The molecule has 2 N–H and O–H groups in total. The van der Waals surface area contributed by atoms with E-state index in [0.29, 0.717) is 41.4 Å². The normalized spacial score (nSPS) is 20.8. The van der Waals surface area contributed by atoms with Crippen LogP contribution in [0.3, 0.4) is 0 Å². The van der Waals surface area contributed by atoms with E-state index in [-0.39, 0.29) is 18.4 Å². The number of anilines is 1. The number of nitrogens with zero attached hydrogens (tertiary/aromatic N) is 4. The van der Waals surface area contributed by atoms with Crippen LogP contribution < -0.4 is 10.4 Å². The van der Waals surface area contributed by atoms with Crippen LogP contribution in [0.5, 0.6) is 0 Å². The molecule has 2 aromatic rings. The van der Waals surface area contributed by atoms with Gasteiger partial charge in [-0.05, 0) is 38.1 Å². The summed E-state index contributed by atoms with van der Waals surface area (Å²) in [4.78, 5) is 45.4. The topological polar surface area (TPSA) is 111 Å². The minimum Gasteiger partial charge on any atom is -0.335 e. The lowest BCUT2D eigenvalue weighted by Gasteiger charge is -2.31. The van der Waals surface area contributed by atoms with E-state index in [1.54, 1.807) is 18.2 Å². The predicted octanol–water partition coefficient (Wildman–Crippen LogP) is 1.11. The maximum absolute atomic E-state index is 13.1. The Hall–Kier alpha value is -3.14. The molecule has 0 saturated carbocycles. The summed E-state index contributed by atoms with van der Waals surface area (Å²) in [7, 11) is 2.08.